The SMILES string of the molecule is CC(CN)CCc1ccc(N)c(S)c1. The van der Waals surface area contributed by atoms with Crippen LogP contribution in [0.4, 0.5) is 5.69 Å². The summed E-state index contributed by atoms with van der Waals surface area (Å²) >= 11 is 4.29. The molecule has 1 aromatic rings. The first kappa shape index (κ1) is 11.4. The van der Waals surface area contributed by atoms with E-state index in [1.54, 1.807) is 0 Å². The van der Waals surface area contributed by atoms with Gasteiger partial charge in [0, 0.05) is 10.6 Å². The number of nitrogen functional groups attached to an aromatic ring is 1. The van der Waals surface area contributed by atoms with Crippen molar-refractivity contribution in [1.29, 1.82) is 0 Å². The Labute approximate surface area is 91.1 Å². The normalized spacial score (nSPS) is 12.8. The smallest absolute Gasteiger partial charge is 0.0449 e. The van der Waals surface area contributed by atoms with Crippen molar-refractivity contribution in [3.63, 3.8) is 0 Å². The van der Waals surface area contributed by atoms with Crippen molar-refractivity contribution in [3.05, 3.63) is 23.8 Å². The lowest BCUT2D eigenvalue weighted by Gasteiger charge is -2.08. The second-order valence-electron chi connectivity index (χ2n) is 3.77. The van der Waals surface area contributed by atoms with E-state index in [2.05, 4.69) is 25.6 Å². The van der Waals surface area contributed by atoms with Gasteiger partial charge in [-0.15, -0.1) is 12.6 Å². The topological polar surface area (TPSA) is 52.0 Å². The Balaban J connectivity index is 2.55. The molecule has 0 heterocycles. The van der Waals surface area contributed by atoms with E-state index in [-0.39, 0.29) is 0 Å². The zero-order valence-electron chi connectivity index (χ0n) is 8.53. The molecule has 0 fully saturated rings. The minimum Gasteiger partial charge on any atom is -0.398 e. The number of anilines is 1. The van der Waals surface area contributed by atoms with Gasteiger partial charge in [0.1, 0.15) is 0 Å². The first-order valence-electron chi connectivity index (χ1n) is 4.91. The first-order valence-corrected chi connectivity index (χ1v) is 5.35. The molecule has 0 aliphatic heterocycles. The average Bonchev–Trinajstić information content (AvgIpc) is 2.19. The van der Waals surface area contributed by atoms with Crippen LogP contribution in [-0.2, 0) is 6.42 Å². The van der Waals surface area contributed by atoms with E-state index in [0.29, 0.717) is 5.92 Å². The highest BCUT2D eigenvalue weighted by Crippen LogP contribution is 2.19. The van der Waals surface area contributed by atoms with Gasteiger partial charge in [0.2, 0.25) is 0 Å². The minimum atomic E-state index is 0.580. The number of hydrogen-bond donors (Lipinski definition) is 3. The molecular weight excluding hydrogens is 192 g/mol. The molecule has 0 aliphatic carbocycles. The van der Waals surface area contributed by atoms with Gasteiger partial charge in [0.05, 0.1) is 0 Å². The van der Waals surface area contributed by atoms with E-state index in [4.69, 9.17) is 11.5 Å². The van der Waals surface area contributed by atoms with E-state index >= 15 is 0 Å². The third-order valence-corrected chi connectivity index (χ3v) is 2.81. The molecule has 0 saturated heterocycles. The quantitative estimate of drug-likeness (QED) is 0.526. The van der Waals surface area contributed by atoms with E-state index in [1.807, 2.05) is 12.1 Å². The second kappa shape index (κ2) is 5.27. The van der Waals surface area contributed by atoms with Crippen LogP contribution in [0, 0.1) is 5.92 Å². The molecule has 78 valence electrons. The summed E-state index contributed by atoms with van der Waals surface area (Å²) in [6.45, 7) is 2.92. The minimum absolute atomic E-state index is 0.580. The van der Waals surface area contributed by atoms with E-state index in [0.717, 1.165) is 30.0 Å². The van der Waals surface area contributed by atoms with Crippen LogP contribution in [0.2, 0.25) is 0 Å². The van der Waals surface area contributed by atoms with Crippen LogP contribution in [0.3, 0.4) is 0 Å². The molecule has 0 aromatic heterocycles. The average molecular weight is 210 g/mol. The lowest BCUT2D eigenvalue weighted by atomic mass is 10.0. The molecule has 0 aliphatic rings. The predicted molar refractivity (Wildman–Crippen MR) is 64.6 cm³/mol. The highest BCUT2D eigenvalue weighted by molar-refractivity contribution is 7.80. The van der Waals surface area contributed by atoms with Gasteiger partial charge >= 0.3 is 0 Å². The predicted octanol–water partition coefficient (Wildman–Crippen LogP) is 2.08. The van der Waals surface area contributed by atoms with E-state index in [9.17, 15) is 0 Å². The van der Waals surface area contributed by atoms with Crippen molar-refractivity contribution < 1.29 is 0 Å². The van der Waals surface area contributed by atoms with Crippen LogP contribution in [0.15, 0.2) is 23.1 Å². The van der Waals surface area contributed by atoms with Gasteiger partial charge in [0.25, 0.3) is 0 Å². The zero-order valence-corrected chi connectivity index (χ0v) is 9.43. The lowest BCUT2D eigenvalue weighted by molar-refractivity contribution is 0.544. The fourth-order valence-electron chi connectivity index (χ4n) is 1.28. The Morgan fingerprint density at radius 3 is 2.71 bits per heavy atom. The van der Waals surface area contributed by atoms with E-state index < -0.39 is 0 Å². The molecule has 0 radical (unpaired) electrons. The zero-order chi connectivity index (χ0) is 10.6. The molecule has 2 nitrogen and oxygen atoms in total. The summed E-state index contributed by atoms with van der Waals surface area (Å²) in [5.41, 5.74) is 13.3. The fraction of sp³-hybridized carbons (Fsp3) is 0.455. The summed E-state index contributed by atoms with van der Waals surface area (Å²) in [7, 11) is 0. The van der Waals surface area contributed by atoms with Gasteiger partial charge in [-0.05, 0) is 43.0 Å². The molecule has 0 bridgehead atoms. The lowest BCUT2D eigenvalue weighted by Crippen LogP contribution is -2.11. The van der Waals surface area contributed by atoms with E-state index in [1.165, 1.54) is 5.56 Å². The maximum Gasteiger partial charge on any atom is 0.0449 e. The van der Waals surface area contributed by atoms with Crippen molar-refractivity contribution >= 4 is 18.3 Å². The number of nitrogens with two attached hydrogens (primary N) is 2. The Bertz CT molecular complexity index is 299. The van der Waals surface area contributed by atoms with Crippen molar-refractivity contribution in [2.75, 3.05) is 12.3 Å². The number of hydrogen-bond acceptors (Lipinski definition) is 3. The van der Waals surface area contributed by atoms with Crippen LogP contribution in [0.5, 0.6) is 0 Å². The second-order valence-corrected chi connectivity index (χ2v) is 4.25. The Morgan fingerprint density at radius 1 is 1.43 bits per heavy atom. The highest BCUT2D eigenvalue weighted by Gasteiger charge is 2.01. The van der Waals surface area contributed by atoms with Crippen molar-refractivity contribution in [1.82, 2.24) is 0 Å². The molecule has 4 N–H and O–H groups in total. The molecule has 0 amide bonds. The number of thiol groups is 1. The number of benzene rings is 1. The third-order valence-electron chi connectivity index (χ3n) is 2.42. The molecule has 14 heavy (non-hydrogen) atoms. The molecule has 1 rings (SSSR count). The molecule has 1 unspecified atom stereocenters. The number of rotatable bonds is 4. The van der Waals surface area contributed by atoms with Gasteiger partial charge in [-0.1, -0.05) is 13.0 Å². The third kappa shape index (κ3) is 3.24. The largest absolute Gasteiger partial charge is 0.398 e. The standard InChI is InChI=1S/C11H18N2S/c1-8(7-12)2-3-9-4-5-10(13)11(14)6-9/h4-6,8,14H,2-3,7,12-13H2,1H3. The first-order chi connectivity index (χ1) is 6.63. The molecule has 1 atom stereocenters. The highest BCUT2D eigenvalue weighted by atomic mass is 32.1. The van der Waals surface area contributed by atoms with Crippen LogP contribution < -0.4 is 11.5 Å². The van der Waals surface area contributed by atoms with Gasteiger partial charge in [0.15, 0.2) is 0 Å². The van der Waals surface area contributed by atoms with Crippen LogP contribution in [0.25, 0.3) is 0 Å². The van der Waals surface area contributed by atoms with Crippen LogP contribution in [-0.4, -0.2) is 6.54 Å². The van der Waals surface area contributed by atoms with Crippen LogP contribution >= 0.6 is 12.6 Å². The maximum atomic E-state index is 5.67. The van der Waals surface area contributed by atoms with Crippen molar-refractivity contribution in [3.8, 4) is 0 Å². The fourth-order valence-corrected chi connectivity index (χ4v) is 1.52. The summed E-state index contributed by atoms with van der Waals surface area (Å²) in [5.74, 6) is 0.580. The molecule has 3 heteroatoms. The summed E-state index contributed by atoms with van der Waals surface area (Å²) < 4.78 is 0. The summed E-state index contributed by atoms with van der Waals surface area (Å²) in [6, 6.07) is 5.99. The molecular formula is C11H18N2S. The molecule has 1 aromatic carbocycles. The van der Waals surface area contributed by atoms with Crippen LogP contribution in [0.1, 0.15) is 18.9 Å². The monoisotopic (exact) mass is 210 g/mol. The van der Waals surface area contributed by atoms with Crippen molar-refractivity contribution in [2.45, 2.75) is 24.7 Å². The maximum absolute atomic E-state index is 5.67. The van der Waals surface area contributed by atoms with Gasteiger partial charge in [-0.2, -0.15) is 0 Å². The number of aryl methyl sites for hydroxylation is 1. The summed E-state index contributed by atoms with van der Waals surface area (Å²) in [4.78, 5) is 0.864. The Kier molecular flexibility index (Phi) is 4.29. The van der Waals surface area contributed by atoms with Gasteiger partial charge in [-0.3, -0.25) is 0 Å². The molecule has 0 spiro atoms. The van der Waals surface area contributed by atoms with Crippen molar-refractivity contribution in [2.24, 2.45) is 11.7 Å². The van der Waals surface area contributed by atoms with Gasteiger partial charge in [-0.25, -0.2) is 0 Å². The van der Waals surface area contributed by atoms with Gasteiger partial charge < -0.3 is 11.5 Å². The summed E-state index contributed by atoms with van der Waals surface area (Å²) in [6.07, 6.45) is 2.17. The Morgan fingerprint density at radius 2 is 2.14 bits per heavy atom. The summed E-state index contributed by atoms with van der Waals surface area (Å²) in [5, 5.41) is 0. The Hall–Kier alpha value is -0.670. The molecule has 0 saturated carbocycles.